The minimum absolute atomic E-state index is 0.0496. The van der Waals surface area contributed by atoms with Gasteiger partial charge in [-0.15, -0.1) is 0 Å². The Balaban J connectivity index is 2.52. The van der Waals surface area contributed by atoms with Gasteiger partial charge in [0, 0.05) is 41.0 Å². The van der Waals surface area contributed by atoms with Crippen LogP contribution in [0.1, 0.15) is 28.8 Å². The van der Waals surface area contributed by atoms with E-state index in [4.69, 9.17) is 9.52 Å². The molecule has 0 amide bonds. The van der Waals surface area contributed by atoms with Gasteiger partial charge in [-0.2, -0.15) is 0 Å². The van der Waals surface area contributed by atoms with Crippen molar-refractivity contribution in [2.75, 3.05) is 12.8 Å². The van der Waals surface area contributed by atoms with Gasteiger partial charge in [-0.25, -0.2) is 4.79 Å². The van der Waals surface area contributed by atoms with Crippen molar-refractivity contribution in [1.29, 1.82) is 0 Å². The zero-order valence-corrected chi connectivity index (χ0v) is 11.0. The highest BCUT2D eigenvalue weighted by Crippen LogP contribution is 2.14. The van der Waals surface area contributed by atoms with Crippen molar-refractivity contribution in [3.63, 3.8) is 0 Å². The molecule has 2 unspecified atom stereocenters. The lowest BCUT2D eigenvalue weighted by molar-refractivity contribution is 0.0661. The molecule has 0 fully saturated rings. The van der Waals surface area contributed by atoms with Crippen LogP contribution in [-0.4, -0.2) is 33.3 Å². The van der Waals surface area contributed by atoms with E-state index in [1.54, 1.807) is 13.2 Å². The quantitative estimate of drug-likeness (QED) is 0.801. The molecule has 1 aromatic heterocycles. The van der Waals surface area contributed by atoms with Gasteiger partial charge in [0.1, 0.15) is 5.76 Å². The molecule has 0 aliphatic heterocycles. The van der Waals surface area contributed by atoms with Crippen LogP contribution in [-0.2, 0) is 17.3 Å². The minimum Gasteiger partial charge on any atom is -0.475 e. The number of carbonyl (C=O) groups is 1. The molecule has 0 radical (unpaired) electrons. The summed E-state index contributed by atoms with van der Waals surface area (Å²) in [5.41, 5.74) is 0.816. The molecule has 96 valence electrons. The fraction of sp³-hybridized carbons (Fsp3) is 0.545. The lowest BCUT2D eigenvalue weighted by atomic mass is 10.2. The summed E-state index contributed by atoms with van der Waals surface area (Å²) in [7, 11) is -0.856. The maximum absolute atomic E-state index is 11.1. The van der Waals surface area contributed by atoms with E-state index in [0.717, 1.165) is 5.56 Å². The Morgan fingerprint density at radius 1 is 1.65 bits per heavy atom. The van der Waals surface area contributed by atoms with Crippen LogP contribution in [0.5, 0.6) is 0 Å². The molecule has 0 aliphatic rings. The van der Waals surface area contributed by atoms with E-state index < -0.39 is 16.8 Å². The predicted molar refractivity (Wildman–Crippen MR) is 65.6 cm³/mol. The van der Waals surface area contributed by atoms with Crippen molar-refractivity contribution in [2.45, 2.75) is 25.6 Å². The van der Waals surface area contributed by atoms with Crippen LogP contribution in [0.2, 0.25) is 0 Å². The maximum Gasteiger partial charge on any atom is 0.371 e. The fourth-order valence-electron chi connectivity index (χ4n) is 1.33. The molecule has 6 heteroatoms. The van der Waals surface area contributed by atoms with Gasteiger partial charge < -0.3 is 14.8 Å². The molecular formula is C11H17NO4S. The summed E-state index contributed by atoms with van der Waals surface area (Å²) in [5.74, 6) is -0.519. The van der Waals surface area contributed by atoms with Gasteiger partial charge in [0.25, 0.3) is 0 Å². The number of rotatable bonds is 6. The Hall–Kier alpha value is -1.14. The predicted octanol–water partition coefficient (Wildman–Crippen LogP) is 1.14. The summed E-state index contributed by atoms with van der Waals surface area (Å²) in [4.78, 5) is 10.7. The molecule has 0 saturated heterocycles. The second kappa shape index (κ2) is 5.97. The van der Waals surface area contributed by atoms with E-state index in [1.807, 2.05) is 6.92 Å². The van der Waals surface area contributed by atoms with Crippen molar-refractivity contribution in [1.82, 2.24) is 5.32 Å². The van der Waals surface area contributed by atoms with E-state index in [9.17, 15) is 9.00 Å². The van der Waals surface area contributed by atoms with Gasteiger partial charge >= 0.3 is 5.97 Å². The number of carboxylic acids is 1. The first-order chi connectivity index (χ1) is 7.91. The number of hydrogen-bond acceptors (Lipinski definition) is 4. The normalized spacial score (nSPS) is 14.5. The zero-order valence-electron chi connectivity index (χ0n) is 10.1. The molecule has 0 aromatic carbocycles. The van der Waals surface area contributed by atoms with Crippen molar-refractivity contribution in [3.8, 4) is 0 Å². The highest BCUT2D eigenvalue weighted by molar-refractivity contribution is 7.84. The molecule has 1 aromatic rings. The van der Waals surface area contributed by atoms with Gasteiger partial charge in [0.15, 0.2) is 0 Å². The third-order valence-electron chi connectivity index (χ3n) is 2.55. The minimum atomic E-state index is -1.07. The summed E-state index contributed by atoms with van der Waals surface area (Å²) < 4.78 is 16.2. The second-order valence-electron chi connectivity index (χ2n) is 3.94. The van der Waals surface area contributed by atoms with Gasteiger partial charge in [-0.05, 0) is 19.9 Å². The Morgan fingerprint density at radius 2 is 2.29 bits per heavy atom. The molecule has 0 spiro atoms. The average Bonchev–Trinajstić information content (AvgIpc) is 2.60. The fourth-order valence-corrected chi connectivity index (χ4v) is 1.68. The molecule has 17 heavy (non-hydrogen) atoms. The van der Waals surface area contributed by atoms with Crippen LogP contribution in [0, 0.1) is 6.92 Å². The van der Waals surface area contributed by atoms with Gasteiger partial charge in [-0.1, -0.05) is 0 Å². The number of carboxylic acid groups (broad SMARTS) is 1. The molecule has 5 nitrogen and oxygen atoms in total. The zero-order chi connectivity index (χ0) is 13.0. The summed E-state index contributed by atoms with van der Waals surface area (Å²) in [6.45, 7) is 4.76. The Morgan fingerprint density at radius 3 is 2.76 bits per heavy atom. The molecule has 0 aliphatic carbocycles. The van der Waals surface area contributed by atoms with E-state index in [0.29, 0.717) is 18.8 Å². The van der Waals surface area contributed by atoms with E-state index >= 15 is 0 Å². The van der Waals surface area contributed by atoms with Crippen molar-refractivity contribution in [3.05, 3.63) is 23.2 Å². The third-order valence-corrected chi connectivity index (χ3v) is 3.85. The van der Waals surface area contributed by atoms with Crippen LogP contribution >= 0.6 is 0 Å². The molecular weight excluding hydrogens is 242 g/mol. The van der Waals surface area contributed by atoms with Crippen LogP contribution in [0.15, 0.2) is 10.5 Å². The number of aryl methyl sites for hydroxylation is 1. The number of hydrogen-bond donors (Lipinski definition) is 2. The van der Waals surface area contributed by atoms with Crippen molar-refractivity contribution < 1.29 is 18.5 Å². The van der Waals surface area contributed by atoms with Gasteiger partial charge in [0.05, 0.1) is 0 Å². The topological polar surface area (TPSA) is 79.5 Å². The number of furan rings is 1. The smallest absolute Gasteiger partial charge is 0.371 e. The molecule has 0 bridgehead atoms. The highest BCUT2D eigenvalue weighted by atomic mass is 32.2. The standard InChI is InChI=1S/C11H17NO4S/c1-7(17(3)15)5-12-6-9-4-10(11(13)14)16-8(9)2/h4,7,12H,5-6H2,1-3H3,(H,13,14). The largest absolute Gasteiger partial charge is 0.475 e. The summed E-state index contributed by atoms with van der Waals surface area (Å²) in [5, 5.41) is 12.0. The first-order valence-electron chi connectivity index (χ1n) is 5.27. The number of aromatic carboxylic acids is 1. The van der Waals surface area contributed by atoms with Gasteiger partial charge in [-0.3, -0.25) is 4.21 Å². The first kappa shape index (κ1) is 13.9. The van der Waals surface area contributed by atoms with Crippen molar-refractivity contribution >= 4 is 16.8 Å². The maximum atomic E-state index is 11.1. The highest BCUT2D eigenvalue weighted by Gasteiger charge is 2.13. The monoisotopic (exact) mass is 259 g/mol. The Bertz CT molecular complexity index is 427. The van der Waals surface area contributed by atoms with Gasteiger partial charge in [0.2, 0.25) is 5.76 Å². The van der Waals surface area contributed by atoms with Crippen LogP contribution < -0.4 is 5.32 Å². The molecule has 1 rings (SSSR count). The number of nitrogens with one attached hydrogen (secondary N) is 1. The Kier molecular flexibility index (Phi) is 4.89. The summed E-state index contributed by atoms with van der Waals surface area (Å²) >= 11 is 0. The second-order valence-corrected chi connectivity index (χ2v) is 5.74. The Labute approximate surface area is 103 Å². The molecule has 1 heterocycles. The van der Waals surface area contributed by atoms with Crippen LogP contribution in [0.25, 0.3) is 0 Å². The molecule has 2 atom stereocenters. The lowest BCUT2D eigenvalue weighted by Gasteiger charge is -2.08. The average molecular weight is 259 g/mol. The van der Waals surface area contributed by atoms with Crippen molar-refractivity contribution in [2.24, 2.45) is 0 Å². The first-order valence-corrected chi connectivity index (χ1v) is 6.89. The summed E-state index contributed by atoms with van der Waals surface area (Å²) in [6, 6.07) is 1.51. The molecule has 2 N–H and O–H groups in total. The van der Waals surface area contributed by atoms with Crippen LogP contribution in [0.4, 0.5) is 0 Å². The third kappa shape index (κ3) is 3.98. The lowest BCUT2D eigenvalue weighted by Crippen LogP contribution is -2.27. The summed E-state index contributed by atoms with van der Waals surface area (Å²) in [6.07, 6.45) is 1.66. The van der Waals surface area contributed by atoms with E-state index in [1.165, 1.54) is 6.07 Å². The molecule has 0 saturated carbocycles. The van der Waals surface area contributed by atoms with Crippen LogP contribution in [0.3, 0.4) is 0 Å². The SMILES string of the molecule is Cc1oc(C(=O)O)cc1CNCC(C)S(C)=O. The van der Waals surface area contributed by atoms with E-state index in [2.05, 4.69) is 5.32 Å². The van der Waals surface area contributed by atoms with E-state index in [-0.39, 0.29) is 11.0 Å².